The van der Waals surface area contributed by atoms with E-state index in [9.17, 15) is 14.1 Å². The van der Waals surface area contributed by atoms with Gasteiger partial charge in [0.1, 0.15) is 27.2 Å². The van der Waals surface area contributed by atoms with Crippen molar-refractivity contribution in [1.82, 2.24) is 0 Å². The molecular formula is C23H31N3O4S. The molecule has 0 fully saturated rings. The highest BCUT2D eigenvalue weighted by atomic mass is 32.2. The van der Waals surface area contributed by atoms with E-state index in [-0.39, 0.29) is 5.75 Å². The quantitative estimate of drug-likeness (QED) is 0.645. The molecule has 2 aliphatic rings. The minimum atomic E-state index is -3.36. The SMILES string of the molecule is Cc1oc(CS(N)(=O)=NC(=O)Nc2c3c(cc4c2C(C)CC4)CCC3)cc1C(C)(C)O. The second-order valence-electron chi connectivity index (χ2n) is 9.35. The normalized spacial score (nSPS) is 19.6. The van der Waals surface area contributed by atoms with Gasteiger partial charge in [-0.3, -0.25) is 0 Å². The predicted octanol–water partition coefficient (Wildman–Crippen LogP) is 4.43. The summed E-state index contributed by atoms with van der Waals surface area (Å²) in [4.78, 5) is 12.7. The Kier molecular flexibility index (Phi) is 5.52. The van der Waals surface area contributed by atoms with Crippen LogP contribution in [0.25, 0.3) is 0 Å². The van der Waals surface area contributed by atoms with Crippen LogP contribution in [0.2, 0.25) is 0 Å². The smallest absolute Gasteiger partial charge is 0.354 e. The van der Waals surface area contributed by atoms with Gasteiger partial charge in [-0.05, 0) is 87.1 Å². The molecule has 0 radical (unpaired) electrons. The van der Waals surface area contributed by atoms with E-state index in [0.29, 0.717) is 23.0 Å². The van der Waals surface area contributed by atoms with Crippen LogP contribution in [0.15, 0.2) is 20.9 Å². The lowest BCUT2D eigenvalue weighted by Crippen LogP contribution is -2.20. The number of urea groups is 1. The number of carbonyl (C=O) groups excluding carboxylic acids is 1. The number of aryl methyl sites for hydroxylation is 3. The number of nitrogens with two attached hydrogens (primary N) is 1. The van der Waals surface area contributed by atoms with Crippen molar-refractivity contribution in [2.45, 2.75) is 77.1 Å². The minimum Gasteiger partial charge on any atom is -0.465 e. The first-order valence-electron chi connectivity index (χ1n) is 10.8. The van der Waals surface area contributed by atoms with Gasteiger partial charge in [0, 0.05) is 11.3 Å². The molecule has 2 atom stereocenters. The molecule has 31 heavy (non-hydrogen) atoms. The maximum atomic E-state index is 12.9. The molecule has 1 aromatic carbocycles. The molecule has 0 saturated carbocycles. The van der Waals surface area contributed by atoms with Crippen molar-refractivity contribution in [3.63, 3.8) is 0 Å². The zero-order valence-corrected chi connectivity index (χ0v) is 19.4. The summed E-state index contributed by atoms with van der Waals surface area (Å²) < 4.78 is 22.3. The molecular weight excluding hydrogens is 414 g/mol. The molecule has 1 aromatic heterocycles. The number of hydrogen-bond donors (Lipinski definition) is 3. The average Bonchev–Trinajstić information content (AvgIpc) is 3.32. The monoisotopic (exact) mass is 445 g/mol. The van der Waals surface area contributed by atoms with Crippen LogP contribution in [-0.2, 0) is 40.5 Å². The number of fused-ring (bicyclic) bond motifs is 2. The van der Waals surface area contributed by atoms with E-state index in [4.69, 9.17) is 9.56 Å². The Balaban J connectivity index is 1.60. The molecule has 2 aromatic rings. The third-order valence-electron chi connectivity index (χ3n) is 6.31. The minimum absolute atomic E-state index is 0.210. The molecule has 2 aliphatic carbocycles. The standard InChI is InChI=1S/C23H31N3O4S/c1-13-8-9-16-10-15-6-5-7-18(15)21(20(13)16)25-22(27)26-31(24,29)12-17-11-19(14(2)30-17)23(3,4)28/h10-11,13,28H,5-9,12H2,1-4H3,(H3,24,25,26,27,29). The van der Waals surface area contributed by atoms with E-state index in [1.807, 2.05) is 0 Å². The molecule has 168 valence electrons. The van der Waals surface area contributed by atoms with E-state index in [2.05, 4.69) is 22.7 Å². The zero-order chi connectivity index (χ0) is 22.6. The Hall–Kier alpha value is -2.16. The number of nitrogens with zero attached hydrogens (tertiary/aromatic N) is 1. The lowest BCUT2D eigenvalue weighted by molar-refractivity contribution is 0.0770. The largest absolute Gasteiger partial charge is 0.465 e. The molecule has 2 amide bonds. The molecule has 8 heteroatoms. The van der Waals surface area contributed by atoms with Gasteiger partial charge in [-0.15, -0.1) is 4.36 Å². The second kappa shape index (κ2) is 7.76. The Morgan fingerprint density at radius 3 is 2.74 bits per heavy atom. The number of anilines is 1. The van der Waals surface area contributed by atoms with Crippen molar-refractivity contribution in [2.75, 3.05) is 5.32 Å². The topological polar surface area (TPSA) is 118 Å². The van der Waals surface area contributed by atoms with Crippen LogP contribution in [0, 0.1) is 6.92 Å². The van der Waals surface area contributed by atoms with E-state index < -0.39 is 21.5 Å². The third-order valence-corrected chi connectivity index (χ3v) is 7.48. The molecule has 1 heterocycles. The van der Waals surface area contributed by atoms with Gasteiger partial charge in [0.15, 0.2) is 0 Å². The molecule has 0 spiro atoms. The van der Waals surface area contributed by atoms with Crippen molar-refractivity contribution in [3.8, 4) is 0 Å². The maximum absolute atomic E-state index is 12.9. The van der Waals surface area contributed by atoms with E-state index in [1.54, 1.807) is 26.8 Å². The van der Waals surface area contributed by atoms with Gasteiger partial charge < -0.3 is 14.8 Å². The Morgan fingerprint density at radius 1 is 1.32 bits per heavy atom. The van der Waals surface area contributed by atoms with Crippen LogP contribution in [0.5, 0.6) is 0 Å². The average molecular weight is 446 g/mol. The second-order valence-corrected chi connectivity index (χ2v) is 11.2. The number of nitrogens with one attached hydrogen (secondary N) is 1. The molecule has 0 bridgehead atoms. The summed E-state index contributed by atoms with van der Waals surface area (Å²) in [6.45, 7) is 7.18. The van der Waals surface area contributed by atoms with Crippen LogP contribution in [-0.4, -0.2) is 15.3 Å². The fourth-order valence-corrected chi connectivity index (χ4v) is 5.92. The summed E-state index contributed by atoms with van der Waals surface area (Å²) in [6, 6.07) is 3.22. The van der Waals surface area contributed by atoms with Crippen LogP contribution in [0.3, 0.4) is 0 Å². The van der Waals surface area contributed by atoms with Crippen LogP contribution >= 0.6 is 0 Å². The Bertz CT molecular complexity index is 1170. The first-order valence-corrected chi connectivity index (χ1v) is 12.5. The number of furan rings is 1. The number of aliphatic hydroxyl groups is 1. The van der Waals surface area contributed by atoms with Crippen molar-refractivity contribution in [2.24, 2.45) is 9.50 Å². The van der Waals surface area contributed by atoms with Gasteiger partial charge in [0.2, 0.25) is 0 Å². The van der Waals surface area contributed by atoms with E-state index >= 15 is 0 Å². The first kappa shape index (κ1) is 22.0. The highest BCUT2D eigenvalue weighted by Crippen LogP contribution is 2.43. The molecule has 4 N–H and O–H groups in total. The predicted molar refractivity (Wildman–Crippen MR) is 121 cm³/mol. The van der Waals surface area contributed by atoms with Crippen molar-refractivity contribution in [1.29, 1.82) is 0 Å². The molecule has 0 saturated heterocycles. The number of rotatable bonds is 4. The Morgan fingerprint density at radius 2 is 2.06 bits per heavy atom. The summed E-state index contributed by atoms with van der Waals surface area (Å²) >= 11 is 0. The zero-order valence-electron chi connectivity index (χ0n) is 18.6. The van der Waals surface area contributed by atoms with Crippen LogP contribution < -0.4 is 10.5 Å². The first-order chi connectivity index (χ1) is 14.4. The molecule has 7 nitrogen and oxygen atoms in total. The summed E-state index contributed by atoms with van der Waals surface area (Å²) in [6.07, 6.45) is 5.09. The van der Waals surface area contributed by atoms with E-state index in [1.165, 1.54) is 22.3 Å². The Labute approximate surface area is 183 Å². The third kappa shape index (κ3) is 4.42. The highest BCUT2D eigenvalue weighted by molar-refractivity contribution is 7.90. The lowest BCUT2D eigenvalue weighted by atomic mass is 9.95. The van der Waals surface area contributed by atoms with Crippen molar-refractivity contribution in [3.05, 3.63) is 51.5 Å². The van der Waals surface area contributed by atoms with Gasteiger partial charge in [-0.25, -0.2) is 14.1 Å². The lowest BCUT2D eigenvalue weighted by Gasteiger charge is -2.17. The van der Waals surface area contributed by atoms with Gasteiger partial charge in [-0.1, -0.05) is 13.0 Å². The van der Waals surface area contributed by atoms with Crippen molar-refractivity contribution < 1.29 is 18.5 Å². The summed E-state index contributed by atoms with van der Waals surface area (Å²) in [5.41, 5.74) is 5.29. The summed E-state index contributed by atoms with van der Waals surface area (Å²) in [5, 5.41) is 19.0. The fourth-order valence-electron chi connectivity index (χ4n) is 4.98. The van der Waals surface area contributed by atoms with Crippen LogP contribution in [0.4, 0.5) is 10.5 Å². The van der Waals surface area contributed by atoms with Gasteiger partial charge >= 0.3 is 6.03 Å². The van der Waals surface area contributed by atoms with Gasteiger partial charge in [0.05, 0.1) is 5.60 Å². The van der Waals surface area contributed by atoms with Gasteiger partial charge in [0.25, 0.3) is 0 Å². The van der Waals surface area contributed by atoms with Crippen molar-refractivity contribution >= 4 is 21.6 Å². The van der Waals surface area contributed by atoms with E-state index in [0.717, 1.165) is 37.8 Å². The maximum Gasteiger partial charge on any atom is 0.354 e. The fraction of sp³-hybridized carbons (Fsp3) is 0.522. The summed E-state index contributed by atoms with van der Waals surface area (Å²) in [5.74, 6) is 1.00. The van der Waals surface area contributed by atoms with Gasteiger partial charge in [-0.2, -0.15) is 0 Å². The number of benzene rings is 1. The number of carbonyl (C=O) groups is 1. The molecule has 0 aliphatic heterocycles. The number of amides is 2. The van der Waals surface area contributed by atoms with Crippen LogP contribution in [0.1, 0.15) is 78.9 Å². The molecule has 2 unspecified atom stereocenters. The molecule has 4 rings (SSSR count). The summed E-state index contributed by atoms with van der Waals surface area (Å²) in [7, 11) is -3.36. The highest BCUT2D eigenvalue weighted by Gasteiger charge is 2.29. The number of hydrogen-bond acceptors (Lipinski definition) is 4.